The standard InChI is InChI=1S/C18H23N3O4S2/c1-3-4-11-25-14-7-5-13(6-8-14)17(22)20-18-19-15-9-10-21(27(2,23)24)12-16(15)26-18/h5-8H,3-4,9-12H2,1-2H3,(H,19,20,22). The van der Waals surface area contributed by atoms with Gasteiger partial charge in [-0.3, -0.25) is 10.1 Å². The summed E-state index contributed by atoms with van der Waals surface area (Å²) in [4.78, 5) is 17.7. The second-order valence-corrected chi connectivity index (χ2v) is 9.48. The zero-order valence-electron chi connectivity index (χ0n) is 15.4. The molecule has 2 aromatic rings. The van der Waals surface area contributed by atoms with Gasteiger partial charge in [0.05, 0.1) is 18.6 Å². The number of anilines is 1. The van der Waals surface area contributed by atoms with Gasteiger partial charge in [0.2, 0.25) is 10.0 Å². The highest BCUT2D eigenvalue weighted by Gasteiger charge is 2.26. The van der Waals surface area contributed by atoms with Crippen molar-refractivity contribution < 1.29 is 17.9 Å². The quantitative estimate of drug-likeness (QED) is 0.711. The first kappa shape index (κ1) is 19.8. The Kier molecular flexibility index (Phi) is 6.13. The monoisotopic (exact) mass is 409 g/mol. The summed E-state index contributed by atoms with van der Waals surface area (Å²) in [5, 5.41) is 3.29. The van der Waals surface area contributed by atoms with Crippen LogP contribution in [0.4, 0.5) is 5.13 Å². The Hall–Kier alpha value is -1.97. The fraction of sp³-hybridized carbons (Fsp3) is 0.444. The molecule has 0 aliphatic carbocycles. The summed E-state index contributed by atoms with van der Waals surface area (Å²) in [6.45, 7) is 3.50. The van der Waals surface area contributed by atoms with Gasteiger partial charge >= 0.3 is 0 Å². The average molecular weight is 410 g/mol. The maximum Gasteiger partial charge on any atom is 0.257 e. The van der Waals surface area contributed by atoms with Crippen molar-refractivity contribution in [3.63, 3.8) is 0 Å². The molecule has 1 aromatic heterocycles. The number of benzene rings is 1. The van der Waals surface area contributed by atoms with E-state index in [0.717, 1.165) is 29.2 Å². The first-order valence-electron chi connectivity index (χ1n) is 8.84. The molecule has 3 rings (SSSR count). The van der Waals surface area contributed by atoms with E-state index < -0.39 is 10.0 Å². The lowest BCUT2D eigenvalue weighted by Gasteiger charge is -2.23. The van der Waals surface area contributed by atoms with Crippen LogP contribution in [0.25, 0.3) is 0 Å². The van der Waals surface area contributed by atoms with Crippen LogP contribution in [0.2, 0.25) is 0 Å². The summed E-state index contributed by atoms with van der Waals surface area (Å²) in [5.41, 5.74) is 1.37. The van der Waals surface area contributed by atoms with Gasteiger partial charge in [0.15, 0.2) is 5.13 Å². The molecule has 2 heterocycles. The first-order valence-corrected chi connectivity index (χ1v) is 11.5. The Morgan fingerprint density at radius 1 is 1.33 bits per heavy atom. The van der Waals surface area contributed by atoms with Crippen LogP contribution >= 0.6 is 11.3 Å². The minimum Gasteiger partial charge on any atom is -0.494 e. The molecule has 0 saturated heterocycles. The van der Waals surface area contributed by atoms with Crippen molar-refractivity contribution in [3.8, 4) is 5.75 Å². The third kappa shape index (κ3) is 5.06. The van der Waals surface area contributed by atoms with Gasteiger partial charge in [0, 0.05) is 30.0 Å². The summed E-state index contributed by atoms with van der Waals surface area (Å²) in [5.74, 6) is 0.492. The molecule has 1 N–H and O–H groups in total. The van der Waals surface area contributed by atoms with Crippen LogP contribution < -0.4 is 10.1 Å². The van der Waals surface area contributed by atoms with Crippen molar-refractivity contribution >= 4 is 32.4 Å². The molecule has 1 aliphatic heterocycles. The van der Waals surface area contributed by atoms with E-state index in [9.17, 15) is 13.2 Å². The number of carbonyl (C=O) groups is 1. The molecular formula is C18H23N3O4S2. The number of unbranched alkanes of at least 4 members (excludes halogenated alkanes) is 1. The van der Waals surface area contributed by atoms with Crippen molar-refractivity contribution in [2.24, 2.45) is 0 Å². The number of hydrogen-bond donors (Lipinski definition) is 1. The van der Waals surface area contributed by atoms with E-state index in [0.29, 0.717) is 36.8 Å². The van der Waals surface area contributed by atoms with Crippen LogP contribution in [0, 0.1) is 0 Å². The van der Waals surface area contributed by atoms with Crippen LogP contribution in [0.1, 0.15) is 40.7 Å². The molecule has 0 fully saturated rings. The van der Waals surface area contributed by atoms with E-state index >= 15 is 0 Å². The summed E-state index contributed by atoms with van der Waals surface area (Å²) in [6.07, 6.45) is 3.82. The van der Waals surface area contributed by atoms with E-state index in [2.05, 4.69) is 17.2 Å². The van der Waals surface area contributed by atoms with Crippen LogP contribution in [0.3, 0.4) is 0 Å². The van der Waals surface area contributed by atoms with E-state index in [1.807, 2.05) is 0 Å². The second kappa shape index (κ2) is 8.37. The number of nitrogens with one attached hydrogen (secondary N) is 1. The molecule has 1 aromatic carbocycles. The van der Waals surface area contributed by atoms with Crippen LogP contribution in [0.5, 0.6) is 5.75 Å². The lowest BCUT2D eigenvalue weighted by molar-refractivity contribution is 0.102. The molecule has 7 nitrogen and oxygen atoms in total. The van der Waals surface area contributed by atoms with Crippen molar-refractivity contribution in [3.05, 3.63) is 40.4 Å². The van der Waals surface area contributed by atoms with Gasteiger partial charge in [0.25, 0.3) is 5.91 Å². The van der Waals surface area contributed by atoms with E-state index in [1.165, 1.54) is 21.9 Å². The number of amides is 1. The van der Waals surface area contributed by atoms with Crippen LogP contribution in [-0.2, 0) is 23.0 Å². The number of ether oxygens (including phenoxy) is 1. The third-order valence-electron chi connectivity index (χ3n) is 4.27. The third-order valence-corrected chi connectivity index (χ3v) is 6.52. The van der Waals surface area contributed by atoms with Crippen LogP contribution in [0.15, 0.2) is 24.3 Å². The Bertz CT molecular complexity index is 907. The Labute approximate surface area is 163 Å². The summed E-state index contributed by atoms with van der Waals surface area (Å²) in [7, 11) is -3.23. The average Bonchev–Trinajstić information content (AvgIpc) is 3.03. The number of rotatable bonds is 7. The predicted octanol–water partition coefficient (Wildman–Crippen LogP) is 2.89. The molecular weight excluding hydrogens is 386 g/mol. The smallest absolute Gasteiger partial charge is 0.257 e. The van der Waals surface area contributed by atoms with Gasteiger partial charge in [-0.15, -0.1) is 11.3 Å². The van der Waals surface area contributed by atoms with Gasteiger partial charge < -0.3 is 4.74 Å². The highest BCUT2D eigenvalue weighted by atomic mass is 32.2. The maximum atomic E-state index is 12.4. The summed E-state index contributed by atoms with van der Waals surface area (Å²) >= 11 is 1.32. The molecule has 0 radical (unpaired) electrons. The fourth-order valence-corrected chi connectivity index (χ4v) is 4.60. The number of carbonyl (C=O) groups excluding carboxylic acids is 1. The molecule has 0 saturated carbocycles. The lowest BCUT2D eigenvalue weighted by atomic mass is 10.2. The normalized spacial score (nSPS) is 14.6. The number of sulfonamides is 1. The number of thiazole rings is 1. The lowest BCUT2D eigenvalue weighted by Crippen LogP contribution is -2.34. The van der Waals surface area contributed by atoms with Crippen LogP contribution in [-0.4, -0.2) is 43.0 Å². The van der Waals surface area contributed by atoms with Gasteiger partial charge in [-0.2, -0.15) is 4.31 Å². The SMILES string of the molecule is CCCCOc1ccc(C(=O)Nc2nc3c(s2)CN(S(C)(=O)=O)CC3)cc1. The van der Waals surface area contributed by atoms with Gasteiger partial charge in [-0.05, 0) is 30.7 Å². The number of fused-ring (bicyclic) bond motifs is 1. The second-order valence-electron chi connectivity index (χ2n) is 6.42. The van der Waals surface area contributed by atoms with Gasteiger partial charge in [0.1, 0.15) is 5.75 Å². The summed E-state index contributed by atoms with van der Waals surface area (Å²) in [6, 6.07) is 6.99. The minimum atomic E-state index is -3.23. The zero-order chi connectivity index (χ0) is 19.4. The predicted molar refractivity (Wildman–Crippen MR) is 106 cm³/mol. The Morgan fingerprint density at radius 3 is 2.74 bits per heavy atom. The molecule has 0 atom stereocenters. The summed E-state index contributed by atoms with van der Waals surface area (Å²) < 4.78 is 30.4. The van der Waals surface area contributed by atoms with E-state index in [1.54, 1.807) is 24.3 Å². The highest BCUT2D eigenvalue weighted by Crippen LogP contribution is 2.29. The molecule has 1 aliphatic rings. The van der Waals surface area contributed by atoms with Gasteiger partial charge in [-0.1, -0.05) is 13.3 Å². The molecule has 0 unspecified atom stereocenters. The fourth-order valence-electron chi connectivity index (χ4n) is 2.71. The Balaban J connectivity index is 1.63. The molecule has 1 amide bonds. The number of nitrogens with zero attached hydrogens (tertiary/aromatic N) is 2. The molecule has 0 spiro atoms. The number of hydrogen-bond acceptors (Lipinski definition) is 6. The van der Waals surface area contributed by atoms with Crippen molar-refractivity contribution in [2.75, 3.05) is 24.7 Å². The topological polar surface area (TPSA) is 88.6 Å². The molecule has 9 heteroatoms. The molecule has 146 valence electrons. The molecule has 0 bridgehead atoms. The highest BCUT2D eigenvalue weighted by molar-refractivity contribution is 7.88. The zero-order valence-corrected chi connectivity index (χ0v) is 17.0. The van der Waals surface area contributed by atoms with Crippen molar-refractivity contribution in [2.45, 2.75) is 32.7 Å². The van der Waals surface area contributed by atoms with E-state index in [-0.39, 0.29) is 5.91 Å². The van der Waals surface area contributed by atoms with Crippen molar-refractivity contribution in [1.82, 2.24) is 9.29 Å². The maximum absolute atomic E-state index is 12.4. The van der Waals surface area contributed by atoms with Crippen molar-refractivity contribution in [1.29, 1.82) is 0 Å². The number of aromatic nitrogens is 1. The molecule has 27 heavy (non-hydrogen) atoms. The van der Waals surface area contributed by atoms with E-state index in [4.69, 9.17) is 4.74 Å². The largest absolute Gasteiger partial charge is 0.494 e. The minimum absolute atomic E-state index is 0.249. The first-order chi connectivity index (χ1) is 12.9. The Morgan fingerprint density at radius 2 is 2.07 bits per heavy atom. The van der Waals surface area contributed by atoms with Gasteiger partial charge in [-0.25, -0.2) is 13.4 Å².